The van der Waals surface area contributed by atoms with Crippen molar-refractivity contribution in [2.45, 2.75) is 37.0 Å². The highest BCUT2D eigenvalue weighted by molar-refractivity contribution is 9.10. The molecule has 0 radical (unpaired) electrons. The largest absolute Gasteiger partial charge is 0.469 e. The number of hydrogen-bond acceptors (Lipinski definition) is 4. The number of benzene rings is 1. The smallest absolute Gasteiger partial charge is 0.305 e. The van der Waals surface area contributed by atoms with Gasteiger partial charge in [0.15, 0.2) is 9.84 Å². The lowest BCUT2D eigenvalue weighted by molar-refractivity contribution is -0.140. The Bertz CT molecular complexity index is 653. The fourth-order valence-corrected chi connectivity index (χ4v) is 5.03. The highest BCUT2D eigenvalue weighted by atomic mass is 79.9. The number of halogens is 1. The predicted octanol–water partition coefficient (Wildman–Crippen LogP) is 3.55. The van der Waals surface area contributed by atoms with Crippen molar-refractivity contribution in [2.75, 3.05) is 13.4 Å². The van der Waals surface area contributed by atoms with E-state index in [1.165, 1.54) is 31.8 Å². The van der Waals surface area contributed by atoms with Crippen molar-refractivity contribution in [2.24, 2.45) is 11.8 Å². The molecule has 1 aromatic rings. The number of esters is 1. The van der Waals surface area contributed by atoms with Crippen LogP contribution in [0, 0.1) is 11.8 Å². The molecule has 22 heavy (non-hydrogen) atoms. The molecule has 6 heteroatoms. The van der Waals surface area contributed by atoms with Crippen molar-refractivity contribution >= 4 is 31.7 Å². The first-order chi connectivity index (χ1) is 10.3. The summed E-state index contributed by atoms with van der Waals surface area (Å²) < 4.78 is 27.9. The third kappa shape index (κ3) is 3.71. The molecule has 0 amide bonds. The second-order valence-corrected chi connectivity index (χ2v) is 8.66. The second-order valence-electron chi connectivity index (χ2n) is 5.82. The molecule has 0 spiro atoms. The summed E-state index contributed by atoms with van der Waals surface area (Å²) in [5.74, 6) is 2.31. The molecule has 2 unspecified atom stereocenters. The highest BCUT2D eigenvalue weighted by Gasteiger charge is 2.56. The Morgan fingerprint density at radius 3 is 2.23 bits per heavy atom. The molecule has 1 aromatic carbocycles. The van der Waals surface area contributed by atoms with Gasteiger partial charge in [-0.2, -0.15) is 0 Å². The fraction of sp³-hybridized carbons (Fsp3) is 0.562. The molecule has 0 bridgehead atoms. The van der Waals surface area contributed by atoms with Crippen molar-refractivity contribution in [1.82, 2.24) is 0 Å². The molecule has 122 valence electrons. The molecule has 0 N–H and O–H groups in total. The van der Waals surface area contributed by atoms with Gasteiger partial charge in [0.1, 0.15) is 0 Å². The van der Waals surface area contributed by atoms with Crippen LogP contribution in [0.5, 0.6) is 0 Å². The van der Waals surface area contributed by atoms with E-state index in [1.54, 1.807) is 13.0 Å². The topological polar surface area (TPSA) is 60.4 Å². The quantitative estimate of drug-likeness (QED) is 0.742. The minimum absolute atomic E-state index is 0.157. The Hall–Kier alpha value is -0.880. The summed E-state index contributed by atoms with van der Waals surface area (Å²) in [7, 11) is -1.73. The van der Waals surface area contributed by atoms with Crippen LogP contribution in [0.3, 0.4) is 0 Å². The van der Waals surface area contributed by atoms with E-state index >= 15 is 0 Å². The Balaban J connectivity index is 0.000000254. The maximum atomic E-state index is 11.5. The Kier molecular flexibility index (Phi) is 5.33. The summed E-state index contributed by atoms with van der Waals surface area (Å²) in [4.78, 5) is 10.4. The molecular weight excluding hydrogens is 368 g/mol. The monoisotopic (exact) mass is 388 g/mol. The number of fused-ring (bicyclic) bond motifs is 1. The lowest BCUT2D eigenvalue weighted by atomic mass is 10.0. The first-order valence-corrected chi connectivity index (χ1v) is 10.0. The van der Waals surface area contributed by atoms with E-state index in [0.717, 1.165) is 11.8 Å². The van der Waals surface area contributed by atoms with Gasteiger partial charge in [0.25, 0.3) is 0 Å². The molecule has 2 aliphatic carbocycles. The minimum atomic E-state index is -3.11. The van der Waals surface area contributed by atoms with Crippen molar-refractivity contribution in [1.29, 1.82) is 0 Å². The van der Waals surface area contributed by atoms with Gasteiger partial charge in [-0.25, -0.2) is 8.42 Å². The Morgan fingerprint density at radius 2 is 1.91 bits per heavy atom. The van der Waals surface area contributed by atoms with Crippen LogP contribution in [-0.4, -0.2) is 27.8 Å². The van der Waals surface area contributed by atoms with Gasteiger partial charge >= 0.3 is 5.97 Å². The molecule has 0 heterocycles. The van der Waals surface area contributed by atoms with E-state index in [2.05, 4.69) is 20.7 Å². The highest BCUT2D eigenvalue weighted by Crippen LogP contribution is 2.66. The number of ether oxygens (including phenoxy) is 1. The van der Waals surface area contributed by atoms with E-state index in [-0.39, 0.29) is 5.97 Å². The normalized spacial score (nSPS) is 25.2. The minimum Gasteiger partial charge on any atom is -0.469 e. The molecular formula is C16H21BrO4S. The standard InChI is InChI=1S/C12H13BrO2S.C4H8O2/c1-16(14,15)11-5-2-7(6-10(11)13)12-8-3-4-9(8)12;1-3-4(5)6-2/h2,5-6,8-9,12H,3-4H2,1H3;3H2,1-2H3. The van der Waals surface area contributed by atoms with Crippen molar-refractivity contribution in [3.63, 3.8) is 0 Å². The summed E-state index contributed by atoms with van der Waals surface area (Å²) in [6.07, 6.45) is 4.41. The van der Waals surface area contributed by atoms with Crippen LogP contribution in [0.2, 0.25) is 0 Å². The number of rotatable bonds is 3. The van der Waals surface area contributed by atoms with Crippen molar-refractivity contribution in [3.8, 4) is 0 Å². The maximum Gasteiger partial charge on any atom is 0.305 e. The van der Waals surface area contributed by atoms with Crippen LogP contribution in [0.25, 0.3) is 0 Å². The molecule has 0 aromatic heterocycles. The van der Waals surface area contributed by atoms with Gasteiger partial charge in [0.05, 0.1) is 12.0 Å². The summed E-state index contributed by atoms with van der Waals surface area (Å²) >= 11 is 3.36. The van der Waals surface area contributed by atoms with Gasteiger partial charge in [-0.1, -0.05) is 13.0 Å². The van der Waals surface area contributed by atoms with E-state index in [0.29, 0.717) is 21.7 Å². The van der Waals surface area contributed by atoms with Gasteiger partial charge in [-0.05, 0) is 64.2 Å². The van der Waals surface area contributed by atoms with E-state index in [4.69, 9.17) is 0 Å². The molecule has 0 saturated heterocycles. The summed E-state index contributed by atoms with van der Waals surface area (Å²) in [5, 5.41) is 0. The summed E-state index contributed by atoms with van der Waals surface area (Å²) in [5.41, 5.74) is 1.30. The Morgan fingerprint density at radius 1 is 1.32 bits per heavy atom. The molecule has 2 saturated carbocycles. The second kappa shape index (κ2) is 6.71. The fourth-order valence-electron chi connectivity index (χ4n) is 3.02. The molecule has 2 aliphatic rings. The number of sulfone groups is 1. The van der Waals surface area contributed by atoms with Crippen molar-refractivity contribution < 1.29 is 17.9 Å². The van der Waals surface area contributed by atoms with Gasteiger partial charge in [0, 0.05) is 17.1 Å². The number of methoxy groups -OCH3 is 1. The first kappa shape index (κ1) is 17.5. The van der Waals surface area contributed by atoms with Crippen LogP contribution in [0.4, 0.5) is 0 Å². The van der Waals surface area contributed by atoms with Gasteiger partial charge in [-0.3, -0.25) is 4.79 Å². The average Bonchev–Trinajstić information content (AvgIpc) is 2.97. The number of carbonyl (C=O) groups is 1. The molecule has 4 nitrogen and oxygen atoms in total. The van der Waals surface area contributed by atoms with Crippen LogP contribution < -0.4 is 0 Å². The zero-order valence-electron chi connectivity index (χ0n) is 13.0. The van der Waals surface area contributed by atoms with Gasteiger partial charge in [0.2, 0.25) is 0 Å². The van der Waals surface area contributed by atoms with Crippen molar-refractivity contribution in [3.05, 3.63) is 28.2 Å². The molecule has 2 fully saturated rings. The maximum absolute atomic E-state index is 11.5. The number of hydrogen-bond donors (Lipinski definition) is 0. The zero-order valence-corrected chi connectivity index (χ0v) is 15.4. The van der Waals surface area contributed by atoms with Gasteiger partial charge < -0.3 is 4.74 Å². The zero-order chi connectivity index (χ0) is 16.5. The number of carbonyl (C=O) groups excluding carboxylic acids is 1. The molecule has 2 atom stereocenters. The van der Waals surface area contributed by atoms with Crippen LogP contribution in [0.1, 0.15) is 37.7 Å². The predicted molar refractivity (Wildman–Crippen MR) is 88.5 cm³/mol. The van der Waals surface area contributed by atoms with Crippen LogP contribution in [-0.2, 0) is 19.4 Å². The average molecular weight is 389 g/mol. The van der Waals surface area contributed by atoms with Gasteiger partial charge in [-0.15, -0.1) is 0 Å². The third-order valence-corrected chi connectivity index (χ3v) is 6.50. The Labute approximate surface area is 140 Å². The molecule has 3 rings (SSSR count). The van der Waals surface area contributed by atoms with E-state index in [9.17, 15) is 13.2 Å². The first-order valence-electron chi connectivity index (χ1n) is 7.36. The summed E-state index contributed by atoms with van der Waals surface area (Å²) in [6.45, 7) is 1.76. The SMILES string of the molecule is CCC(=O)OC.CS(=O)(=O)c1ccc(C2C3CCC32)cc1Br. The van der Waals surface area contributed by atoms with Crippen LogP contribution in [0.15, 0.2) is 27.6 Å². The lowest BCUT2D eigenvalue weighted by Gasteiger charge is -2.05. The molecule has 0 aliphatic heterocycles. The van der Waals surface area contributed by atoms with E-state index in [1.807, 2.05) is 12.1 Å². The lowest BCUT2D eigenvalue weighted by Crippen LogP contribution is -1.98. The van der Waals surface area contributed by atoms with Crippen LogP contribution >= 0.6 is 15.9 Å². The summed E-state index contributed by atoms with van der Waals surface area (Å²) in [6, 6.07) is 5.69. The van der Waals surface area contributed by atoms with E-state index < -0.39 is 9.84 Å². The third-order valence-electron chi connectivity index (χ3n) is 4.42.